The molecule has 0 radical (unpaired) electrons. The lowest BCUT2D eigenvalue weighted by Crippen LogP contribution is -2.02. The minimum atomic E-state index is 0.122. The lowest BCUT2D eigenvalue weighted by atomic mass is 9.85. The maximum absolute atomic E-state index is 3.64. The summed E-state index contributed by atoms with van der Waals surface area (Å²) in [6, 6.07) is 21.7. The van der Waals surface area contributed by atoms with Gasteiger partial charge in [0.2, 0.25) is 0 Å². The first-order chi connectivity index (χ1) is 14.1. The van der Waals surface area contributed by atoms with Crippen molar-refractivity contribution in [2.45, 2.75) is 10.8 Å². The zero-order valence-electron chi connectivity index (χ0n) is 15.7. The second kappa shape index (κ2) is 7.71. The largest absolute Gasteiger partial charge is 0.361 e. The Morgan fingerprint density at radius 3 is 1.72 bits per heavy atom. The van der Waals surface area contributed by atoms with Crippen molar-refractivity contribution < 1.29 is 0 Å². The molecule has 5 rings (SSSR count). The predicted molar refractivity (Wildman–Crippen MR) is 131 cm³/mol. The number of H-pyrrole nitrogens is 2. The molecule has 2 N–H and O–H groups in total. The van der Waals surface area contributed by atoms with Crippen molar-refractivity contribution in [1.82, 2.24) is 9.97 Å². The van der Waals surface area contributed by atoms with Gasteiger partial charge in [0.25, 0.3) is 0 Å². The molecule has 0 aliphatic carbocycles. The number of fused-ring (bicyclic) bond motifs is 2. The molecule has 0 atom stereocenters. The van der Waals surface area contributed by atoms with Gasteiger partial charge in [0.1, 0.15) is 0 Å². The van der Waals surface area contributed by atoms with Gasteiger partial charge >= 0.3 is 0 Å². The molecular weight excluding hydrogens is 508 g/mol. The normalized spacial score (nSPS) is 11.7. The van der Waals surface area contributed by atoms with E-state index in [0.717, 1.165) is 20.0 Å². The second-order valence-corrected chi connectivity index (χ2v) is 9.79. The fraction of sp³-hybridized carbons (Fsp3) is 0.0833. The first-order valence-electron chi connectivity index (χ1n) is 9.31. The average Bonchev–Trinajstić information content (AvgIpc) is 3.33. The molecule has 0 saturated heterocycles. The zero-order valence-corrected chi connectivity index (χ0v) is 19.7. The molecule has 2 heterocycles. The van der Waals surface area contributed by atoms with E-state index in [-0.39, 0.29) is 5.92 Å². The van der Waals surface area contributed by atoms with E-state index in [4.69, 9.17) is 0 Å². The predicted octanol–water partition coefficient (Wildman–Crippen LogP) is 8.08. The number of benzene rings is 3. The highest BCUT2D eigenvalue weighted by Crippen LogP contribution is 2.40. The van der Waals surface area contributed by atoms with E-state index in [1.807, 2.05) is 0 Å². The highest BCUT2D eigenvalue weighted by molar-refractivity contribution is 9.10. The van der Waals surface area contributed by atoms with Crippen LogP contribution in [0.2, 0.25) is 0 Å². The van der Waals surface area contributed by atoms with Crippen molar-refractivity contribution in [3.05, 3.63) is 98.7 Å². The molecule has 144 valence electrons. The molecule has 0 bridgehead atoms. The highest BCUT2D eigenvalue weighted by atomic mass is 79.9. The van der Waals surface area contributed by atoms with E-state index in [0.29, 0.717) is 0 Å². The van der Waals surface area contributed by atoms with Gasteiger partial charge in [-0.2, -0.15) is 0 Å². The molecule has 2 aromatic heterocycles. The summed E-state index contributed by atoms with van der Waals surface area (Å²) in [7, 11) is 0. The number of hydrogen-bond donors (Lipinski definition) is 2. The quantitative estimate of drug-likeness (QED) is 0.228. The summed E-state index contributed by atoms with van der Waals surface area (Å²) < 4.78 is 2.17. The third-order valence-electron chi connectivity index (χ3n) is 5.42. The number of hydrogen-bond acceptors (Lipinski definition) is 1. The third kappa shape index (κ3) is 3.45. The van der Waals surface area contributed by atoms with Crippen LogP contribution in [-0.2, 0) is 0 Å². The Hall–Kier alpha value is -1.95. The van der Waals surface area contributed by atoms with Gasteiger partial charge in [-0.25, -0.2) is 0 Å². The fourth-order valence-electron chi connectivity index (χ4n) is 4.03. The molecule has 5 aromatic rings. The molecular formula is C24H18Br2N2S. The van der Waals surface area contributed by atoms with Crippen molar-refractivity contribution in [3.63, 3.8) is 0 Å². The molecule has 0 aliphatic rings. The number of aromatic amines is 2. The summed E-state index contributed by atoms with van der Waals surface area (Å²) in [6.45, 7) is 0. The monoisotopic (exact) mass is 524 g/mol. The van der Waals surface area contributed by atoms with E-state index in [9.17, 15) is 0 Å². The van der Waals surface area contributed by atoms with E-state index in [1.165, 1.54) is 32.4 Å². The maximum Gasteiger partial charge on any atom is 0.0457 e. The smallest absolute Gasteiger partial charge is 0.0457 e. The van der Waals surface area contributed by atoms with Crippen LogP contribution in [0.25, 0.3) is 21.8 Å². The van der Waals surface area contributed by atoms with E-state index >= 15 is 0 Å². The fourth-order valence-corrected chi connectivity index (χ4v) is 5.16. The van der Waals surface area contributed by atoms with Crippen LogP contribution >= 0.6 is 43.6 Å². The van der Waals surface area contributed by atoms with Crippen molar-refractivity contribution in [2.75, 3.05) is 6.26 Å². The molecule has 2 nitrogen and oxygen atoms in total. The molecule has 0 saturated carbocycles. The van der Waals surface area contributed by atoms with Crippen LogP contribution in [0.1, 0.15) is 22.6 Å². The first kappa shape index (κ1) is 19.0. The van der Waals surface area contributed by atoms with Crippen LogP contribution in [0, 0.1) is 0 Å². The Balaban J connectivity index is 1.78. The first-order valence-corrected chi connectivity index (χ1v) is 12.1. The number of aromatic nitrogens is 2. The third-order valence-corrected chi connectivity index (χ3v) is 7.15. The molecule has 29 heavy (non-hydrogen) atoms. The van der Waals surface area contributed by atoms with Gasteiger partial charge in [0.15, 0.2) is 0 Å². The van der Waals surface area contributed by atoms with E-state index < -0.39 is 0 Å². The van der Waals surface area contributed by atoms with Crippen LogP contribution in [0.5, 0.6) is 0 Å². The molecule has 0 aliphatic heterocycles. The number of nitrogens with one attached hydrogen (secondary N) is 2. The summed E-state index contributed by atoms with van der Waals surface area (Å²) in [5.74, 6) is 0.122. The molecule has 3 aromatic carbocycles. The van der Waals surface area contributed by atoms with Gasteiger partial charge in [0.05, 0.1) is 0 Å². The average molecular weight is 526 g/mol. The van der Waals surface area contributed by atoms with Crippen molar-refractivity contribution in [3.8, 4) is 0 Å². The van der Waals surface area contributed by atoms with E-state index in [2.05, 4.69) is 121 Å². The minimum Gasteiger partial charge on any atom is -0.361 e. The maximum atomic E-state index is 3.64. The Kier molecular flexibility index (Phi) is 5.06. The van der Waals surface area contributed by atoms with Crippen molar-refractivity contribution >= 4 is 65.4 Å². The van der Waals surface area contributed by atoms with E-state index in [1.54, 1.807) is 11.8 Å². The highest BCUT2D eigenvalue weighted by Gasteiger charge is 2.23. The second-order valence-electron chi connectivity index (χ2n) is 7.07. The Labute approximate surface area is 190 Å². The molecule has 0 fully saturated rings. The summed E-state index contributed by atoms with van der Waals surface area (Å²) in [6.07, 6.45) is 6.42. The number of rotatable bonds is 4. The Morgan fingerprint density at radius 2 is 1.24 bits per heavy atom. The van der Waals surface area contributed by atoms with Gasteiger partial charge in [-0.05, 0) is 71.5 Å². The SMILES string of the molecule is CSc1ccc(C(c2c[nH]c3ccc(Br)cc23)c2c[nH]c3ccc(Br)cc23)cc1. The summed E-state index contributed by atoms with van der Waals surface area (Å²) in [5, 5.41) is 2.48. The molecule has 0 spiro atoms. The van der Waals surface area contributed by atoms with Gasteiger partial charge in [-0.1, -0.05) is 44.0 Å². The number of thioether (sulfide) groups is 1. The van der Waals surface area contributed by atoms with Gasteiger partial charge < -0.3 is 9.97 Å². The van der Waals surface area contributed by atoms with Crippen LogP contribution in [0.3, 0.4) is 0 Å². The molecule has 0 amide bonds. The Bertz CT molecular complexity index is 1240. The standard InChI is InChI=1S/C24H18Br2N2S/c1-29-17-6-2-14(3-7-17)24(20-12-27-22-8-4-15(25)10-18(20)22)21-13-28-23-9-5-16(26)11-19(21)23/h2-13,24,27-28H,1H3. The molecule has 5 heteroatoms. The molecule has 0 unspecified atom stereocenters. The van der Waals surface area contributed by atoms with Crippen LogP contribution < -0.4 is 0 Å². The minimum absolute atomic E-state index is 0.122. The van der Waals surface area contributed by atoms with Crippen molar-refractivity contribution in [1.29, 1.82) is 0 Å². The summed E-state index contributed by atoms with van der Waals surface area (Å²) in [4.78, 5) is 8.20. The van der Waals surface area contributed by atoms with Crippen molar-refractivity contribution in [2.24, 2.45) is 0 Å². The lowest BCUT2D eigenvalue weighted by Gasteiger charge is -2.18. The van der Waals surface area contributed by atoms with Crippen LogP contribution in [0.4, 0.5) is 0 Å². The summed E-state index contributed by atoms with van der Waals surface area (Å²) >= 11 is 9.06. The van der Waals surface area contributed by atoms with Gasteiger partial charge in [0, 0.05) is 54.0 Å². The number of halogens is 2. The van der Waals surface area contributed by atoms with Crippen LogP contribution in [0.15, 0.2) is 86.9 Å². The Morgan fingerprint density at radius 1 is 0.724 bits per heavy atom. The zero-order chi connectivity index (χ0) is 20.0. The lowest BCUT2D eigenvalue weighted by molar-refractivity contribution is 0.994. The topological polar surface area (TPSA) is 31.6 Å². The summed E-state index contributed by atoms with van der Waals surface area (Å²) in [5.41, 5.74) is 6.13. The van der Waals surface area contributed by atoms with Crippen LogP contribution in [-0.4, -0.2) is 16.2 Å². The van der Waals surface area contributed by atoms with Gasteiger partial charge in [-0.3, -0.25) is 0 Å². The van der Waals surface area contributed by atoms with Gasteiger partial charge in [-0.15, -0.1) is 11.8 Å².